The van der Waals surface area contributed by atoms with E-state index in [1.807, 2.05) is 0 Å². The minimum Gasteiger partial charge on any atom is -0.466 e. The molecule has 1 amide bonds. The van der Waals surface area contributed by atoms with Crippen LogP contribution in [-0.4, -0.2) is 62.3 Å². The Morgan fingerprint density at radius 2 is 1.73 bits per heavy atom. The van der Waals surface area contributed by atoms with E-state index in [4.69, 9.17) is 16.3 Å². The largest absolute Gasteiger partial charge is 0.466 e. The van der Waals surface area contributed by atoms with Crippen LogP contribution in [0.15, 0.2) is 23.1 Å². The average molecular weight is 457 g/mol. The van der Waals surface area contributed by atoms with E-state index in [0.717, 1.165) is 12.8 Å². The van der Waals surface area contributed by atoms with Crippen LogP contribution in [0.2, 0.25) is 5.02 Å². The van der Waals surface area contributed by atoms with E-state index in [0.29, 0.717) is 51.5 Å². The summed E-state index contributed by atoms with van der Waals surface area (Å²) in [5, 5.41) is 0.221. The second kappa shape index (κ2) is 9.66. The molecule has 1 aromatic carbocycles. The number of nitrogens with zero attached hydrogens (tertiary/aromatic N) is 2. The first-order valence-corrected chi connectivity index (χ1v) is 12.3. The van der Waals surface area contributed by atoms with E-state index in [2.05, 4.69) is 6.92 Å². The number of esters is 1. The average Bonchev–Trinajstić information content (AvgIpc) is 2.74. The number of halogens is 1. The molecular formula is C21H29ClN2O5S. The molecule has 1 aromatic rings. The van der Waals surface area contributed by atoms with Crippen LogP contribution < -0.4 is 0 Å². The van der Waals surface area contributed by atoms with Gasteiger partial charge in [-0.2, -0.15) is 4.31 Å². The van der Waals surface area contributed by atoms with Gasteiger partial charge >= 0.3 is 5.97 Å². The van der Waals surface area contributed by atoms with Gasteiger partial charge in [0.1, 0.15) is 0 Å². The van der Waals surface area contributed by atoms with Crippen molar-refractivity contribution < 1.29 is 22.7 Å². The molecule has 0 radical (unpaired) electrons. The summed E-state index contributed by atoms with van der Waals surface area (Å²) in [6.07, 6.45) is 2.69. The van der Waals surface area contributed by atoms with Gasteiger partial charge in [0.15, 0.2) is 0 Å². The van der Waals surface area contributed by atoms with Gasteiger partial charge in [-0.3, -0.25) is 9.59 Å². The third kappa shape index (κ3) is 4.98. The monoisotopic (exact) mass is 456 g/mol. The van der Waals surface area contributed by atoms with E-state index in [1.54, 1.807) is 11.8 Å². The molecule has 7 nitrogen and oxygen atoms in total. The lowest BCUT2D eigenvalue weighted by Crippen LogP contribution is -2.41. The number of carbonyl (C=O) groups excluding carboxylic acids is 2. The van der Waals surface area contributed by atoms with Gasteiger partial charge in [0, 0.05) is 26.2 Å². The van der Waals surface area contributed by atoms with E-state index in [-0.39, 0.29) is 33.3 Å². The molecule has 3 rings (SSSR count). The Morgan fingerprint density at radius 1 is 1.10 bits per heavy atom. The van der Waals surface area contributed by atoms with Crippen LogP contribution in [0.3, 0.4) is 0 Å². The zero-order valence-corrected chi connectivity index (χ0v) is 19.0. The predicted molar refractivity (Wildman–Crippen MR) is 114 cm³/mol. The SMILES string of the molecule is CCOC(=O)C1CCN(C(=O)c2cc(S(=O)(=O)N3CCC(C)CC3)ccc2Cl)CC1. The number of rotatable bonds is 5. The predicted octanol–water partition coefficient (Wildman–Crippen LogP) is 3.18. The Bertz CT molecular complexity index is 889. The number of piperidine rings is 2. The van der Waals surface area contributed by atoms with Crippen molar-refractivity contribution in [3.63, 3.8) is 0 Å². The highest BCUT2D eigenvalue weighted by Gasteiger charge is 2.32. The van der Waals surface area contributed by atoms with Crippen molar-refractivity contribution in [1.29, 1.82) is 0 Å². The van der Waals surface area contributed by atoms with Gasteiger partial charge in [0.2, 0.25) is 10.0 Å². The fraction of sp³-hybridized carbons (Fsp3) is 0.619. The highest BCUT2D eigenvalue weighted by atomic mass is 35.5. The molecule has 2 heterocycles. The summed E-state index contributed by atoms with van der Waals surface area (Å²) in [7, 11) is -3.67. The highest BCUT2D eigenvalue weighted by Crippen LogP contribution is 2.28. The zero-order chi connectivity index (χ0) is 21.9. The molecule has 0 N–H and O–H groups in total. The van der Waals surface area contributed by atoms with Crippen molar-refractivity contribution in [2.24, 2.45) is 11.8 Å². The molecule has 166 valence electrons. The molecule has 0 atom stereocenters. The topological polar surface area (TPSA) is 84.0 Å². The fourth-order valence-electron chi connectivity index (χ4n) is 3.95. The minimum atomic E-state index is -3.67. The summed E-state index contributed by atoms with van der Waals surface area (Å²) in [4.78, 5) is 26.7. The maximum absolute atomic E-state index is 13.0. The van der Waals surface area contributed by atoms with Gasteiger partial charge in [-0.05, 0) is 56.7 Å². The first-order chi connectivity index (χ1) is 14.2. The van der Waals surface area contributed by atoms with Crippen LogP contribution in [0.5, 0.6) is 0 Å². The van der Waals surface area contributed by atoms with Crippen molar-refractivity contribution in [1.82, 2.24) is 9.21 Å². The normalized spacial score (nSPS) is 19.6. The second-order valence-electron chi connectivity index (χ2n) is 8.05. The van der Waals surface area contributed by atoms with Crippen molar-refractivity contribution in [3.8, 4) is 0 Å². The van der Waals surface area contributed by atoms with Gasteiger partial charge in [0.25, 0.3) is 5.91 Å². The Morgan fingerprint density at radius 3 is 2.33 bits per heavy atom. The molecule has 2 aliphatic rings. The van der Waals surface area contributed by atoms with E-state index in [1.165, 1.54) is 22.5 Å². The van der Waals surface area contributed by atoms with Gasteiger partial charge in [0.05, 0.1) is 28.0 Å². The van der Waals surface area contributed by atoms with Crippen LogP contribution in [0.1, 0.15) is 49.9 Å². The number of ether oxygens (including phenoxy) is 1. The molecule has 0 saturated carbocycles. The molecular weight excluding hydrogens is 428 g/mol. The maximum Gasteiger partial charge on any atom is 0.309 e. The number of likely N-dealkylation sites (tertiary alicyclic amines) is 1. The molecule has 2 saturated heterocycles. The molecule has 0 aliphatic carbocycles. The molecule has 2 fully saturated rings. The lowest BCUT2D eigenvalue weighted by Gasteiger charge is -2.31. The second-order valence-corrected chi connectivity index (χ2v) is 10.4. The summed E-state index contributed by atoms with van der Waals surface area (Å²) in [6.45, 7) is 6.00. The Labute approximate surface area is 183 Å². The standard InChI is InChI=1S/C21H29ClN2O5S/c1-3-29-21(26)16-8-10-23(11-9-16)20(25)18-14-17(4-5-19(18)22)30(27,28)24-12-6-15(2)7-13-24/h4-5,14-16H,3,6-13H2,1-2H3. The van der Waals surface area contributed by atoms with Crippen LogP contribution in [0.4, 0.5) is 0 Å². The van der Waals surface area contributed by atoms with Crippen LogP contribution >= 0.6 is 11.6 Å². The van der Waals surface area contributed by atoms with Crippen molar-refractivity contribution in [3.05, 3.63) is 28.8 Å². The first kappa shape index (κ1) is 23.0. The van der Waals surface area contributed by atoms with Crippen LogP contribution in [0, 0.1) is 11.8 Å². The van der Waals surface area contributed by atoms with Crippen molar-refractivity contribution in [2.75, 3.05) is 32.8 Å². The molecule has 2 aliphatic heterocycles. The maximum atomic E-state index is 13.0. The fourth-order valence-corrected chi connectivity index (χ4v) is 5.65. The lowest BCUT2D eigenvalue weighted by atomic mass is 9.96. The van der Waals surface area contributed by atoms with E-state index < -0.39 is 10.0 Å². The number of carbonyl (C=O) groups is 2. The Balaban J connectivity index is 1.74. The lowest BCUT2D eigenvalue weighted by molar-refractivity contribution is -0.149. The molecule has 9 heteroatoms. The van der Waals surface area contributed by atoms with Gasteiger partial charge in [-0.25, -0.2) is 8.42 Å². The number of amides is 1. The quantitative estimate of drug-likeness (QED) is 0.635. The Kier molecular flexibility index (Phi) is 7.42. The Hall–Kier alpha value is -1.64. The van der Waals surface area contributed by atoms with Gasteiger partial charge in [-0.1, -0.05) is 18.5 Å². The van der Waals surface area contributed by atoms with Crippen LogP contribution in [0.25, 0.3) is 0 Å². The zero-order valence-electron chi connectivity index (χ0n) is 17.5. The number of hydrogen-bond acceptors (Lipinski definition) is 5. The van der Waals surface area contributed by atoms with Crippen molar-refractivity contribution in [2.45, 2.75) is 44.4 Å². The van der Waals surface area contributed by atoms with E-state index >= 15 is 0 Å². The summed E-state index contributed by atoms with van der Waals surface area (Å²) < 4.78 is 32.6. The number of hydrogen-bond donors (Lipinski definition) is 0. The number of benzene rings is 1. The molecule has 30 heavy (non-hydrogen) atoms. The summed E-state index contributed by atoms with van der Waals surface area (Å²) in [6, 6.07) is 4.31. The third-order valence-corrected chi connectivity index (χ3v) is 8.17. The third-order valence-electron chi connectivity index (χ3n) is 5.95. The highest BCUT2D eigenvalue weighted by molar-refractivity contribution is 7.89. The van der Waals surface area contributed by atoms with E-state index in [9.17, 15) is 18.0 Å². The van der Waals surface area contributed by atoms with Crippen molar-refractivity contribution >= 4 is 33.5 Å². The summed E-state index contributed by atoms with van der Waals surface area (Å²) >= 11 is 6.26. The first-order valence-electron chi connectivity index (χ1n) is 10.5. The summed E-state index contributed by atoms with van der Waals surface area (Å²) in [5.74, 6) is -0.243. The van der Waals surface area contributed by atoms with Gasteiger partial charge < -0.3 is 9.64 Å². The van der Waals surface area contributed by atoms with Gasteiger partial charge in [-0.15, -0.1) is 0 Å². The van der Waals surface area contributed by atoms with Crippen LogP contribution in [-0.2, 0) is 19.6 Å². The molecule has 0 bridgehead atoms. The smallest absolute Gasteiger partial charge is 0.309 e. The minimum absolute atomic E-state index is 0.0891. The molecule has 0 unspecified atom stereocenters. The molecule has 0 spiro atoms. The molecule has 0 aromatic heterocycles. The summed E-state index contributed by atoms with van der Waals surface area (Å²) in [5.41, 5.74) is 0.178. The number of sulfonamides is 1.